The summed E-state index contributed by atoms with van der Waals surface area (Å²) in [5, 5.41) is 10.7. The van der Waals surface area contributed by atoms with Gasteiger partial charge in [0.2, 0.25) is 5.91 Å². The molecule has 0 aromatic heterocycles. The second kappa shape index (κ2) is 5.06. The van der Waals surface area contributed by atoms with Gasteiger partial charge in [-0.05, 0) is 19.1 Å². The van der Waals surface area contributed by atoms with E-state index in [4.69, 9.17) is 5.11 Å². The highest BCUT2D eigenvalue weighted by atomic mass is 19.1. The van der Waals surface area contributed by atoms with Crippen LogP contribution < -0.4 is 5.32 Å². The first-order valence-corrected chi connectivity index (χ1v) is 4.48. The van der Waals surface area contributed by atoms with Crippen LogP contribution in [0.5, 0.6) is 0 Å². The van der Waals surface area contributed by atoms with Gasteiger partial charge < -0.3 is 10.4 Å². The summed E-state index contributed by atoms with van der Waals surface area (Å²) in [5.74, 6) is -2.26. The maximum atomic E-state index is 13.1. The normalized spacial score (nSPS) is 10.4. The highest BCUT2D eigenvalue weighted by Crippen LogP contribution is 2.17. The van der Waals surface area contributed by atoms with Crippen LogP contribution in [0.1, 0.15) is 5.56 Å². The van der Waals surface area contributed by atoms with E-state index in [1.54, 1.807) is 0 Å². The van der Waals surface area contributed by atoms with Gasteiger partial charge >= 0.3 is 5.97 Å². The third-order valence-electron chi connectivity index (χ3n) is 1.90. The second-order valence-electron chi connectivity index (χ2n) is 3.07. The predicted octanol–water partition coefficient (Wildman–Crippen LogP) is 1.71. The molecular formula is C11H10FNO3. The number of rotatable bonds is 3. The molecule has 0 fully saturated rings. The molecule has 84 valence electrons. The molecule has 0 saturated carbocycles. The van der Waals surface area contributed by atoms with E-state index in [0.29, 0.717) is 17.3 Å². The molecule has 0 saturated heterocycles. The van der Waals surface area contributed by atoms with E-state index in [0.717, 1.165) is 6.08 Å². The number of carboxylic acids is 1. The first kappa shape index (κ1) is 11.9. The number of amides is 1. The summed E-state index contributed by atoms with van der Waals surface area (Å²) < 4.78 is 13.1. The van der Waals surface area contributed by atoms with E-state index in [1.807, 2.05) is 0 Å². The van der Waals surface area contributed by atoms with Gasteiger partial charge in [-0.15, -0.1) is 0 Å². The molecular weight excluding hydrogens is 213 g/mol. The summed E-state index contributed by atoms with van der Waals surface area (Å²) >= 11 is 0. The molecule has 4 nitrogen and oxygen atoms in total. The van der Waals surface area contributed by atoms with Crippen LogP contribution in [-0.2, 0) is 9.59 Å². The van der Waals surface area contributed by atoms with Crippen LogP contribution in [0.2, 0.25) is 0 Å². The molecule has 0 aliphatic carbocycles. The van der Waals surface area contributed by atoms with Gasteiger partial charge in [0.1, 0.15) is 5.82 Å². The number of nitrogens with one attached hydrogen (secondary N) is 1. The SMILES string of the molecule is Cc1c(F)cccc1NC(=O)C=CC(=O)O. The van der Waals surface area contributed by atoms with Gasteiger partial charge in [-0.2, -0.15) is 0 Å². The van der Waals surface area contributed by atoms with E-state index in [2.05, 4.69) is 5.32 Å². The van der Waals surface area contributed by atoms with Crippen LogP contribution in [0.4, 0.5) is 10.1 Å². The Kier molecular flexibility index (Phi) is 3.77. The summed E-state index contributed by atoms with van der Waals surface area (Å²) in [6.45, 7) is 1.52. The minimum absolute atomic E-state index is 0.305. The molecule has 16 heavy (non-hydrogen) atoms. The Balaban J connectivity index is 2.78. The summed E-state index contributed by atoms with van der Waals surface area (Å²) in [5.41, 5.74) is 0.625. The minimum Gasteiger partial charge on any atom is -0.478 e. The molecule has 1 amide bonds. The quantitative estimate of drug-likeness (QED) is 0.766. The topological polar surface area (TPSA) is 66.4 Å². The van der Waals surface area contributed by atoms with Gasteiger partial charge in [0, 0.05) is 23.4 Å². The molecule has 0 heterocycles. The molecule has 0 aliphatic rings. The molecule has 0 bridgehead atoms. The third-order valence-corrected chi connectivity index (χ3v) is 1.90. The Morgan fingerprint density at radius 1 is 1.38 bits per heavy atom. The summed E-state index contributed by atoms with van der Waals surface area (Å²) in [6.07, 6.45) is 1.58. The van der Waals surface area contributed by atoms with E-state index >= 15 is 0 Å². The average molecular weight is 223 g/mol. The lowest BCUT2D eigenvalue weighted by molar-refractivity contribution is -0.131. The average Bonchev–Trinajstić information content (AvgIpc) is 2.22. The molecule has 2 N–H and O–H groups in total. The number of benzene rings is 1. The lowest BCUT2D eigenvalue weighted by Gasteiger charge is -2.06. The molecule has 1 aromatic carbocycles. The Bertz CT molecular complexity index is 455. The fourth-order valence-electron chi connectivity index (χ4n) is 1.06. The van der Waals surface area contributed by atoms with Crippen molar-refractivity contribution in [2.75, 3.05) is 5.32 Å². The van der Waals surface area contributed by atoms with Crippen molar-refractivity contribution in [3.05, 3.63) is 41.7 Å². The monoisotopic (exact) mass is 223 g/mol. The zero-order valence-electron chi connectivity index (χ0n) is 8.53. The van der Waals surface area contributed by atoms with E-state index in [1.165, 1.54) is 25.1 Å². The first-order valence-electron chi connectivity index (χ1n) is 4.48. The number of carbonyl (C=O) groups is 2. The van der Waals surface area contributed by atoms with Crippen LogP contribution in [0, 0.1) is 12.7 Å². The molecule has 1 rings (SSSR count). The number of hydrogen-bond donors (Lipinski definition) is 2. The van der Waals surface area contributed by atoms with Crippen LogP contribution in [0.3, 0.4) is 0 Å². The highest BCUT2D eigenvalue weighted by Gasteiger charge is 2.05. The highest BCUT2D eigenvalue weighted by molar-refractivity contribution is 6.02. The zero-order valence-corrected chi connectivity index (χ0v) is 8.53. The van der Waals surface area contributed by atoms with Crippen molar-refractivity contribution >= 4 is 17.6 Å². The third kappa shape index (κ3) is 3.20. The molecule has 0 radical (unpaired) electrons. The number of hydrogen-bond acceptors (Lipinski definition) is 2. The van der Waals surface area contributed by atoms with E-state index in [-0.39, 0.29) is 0 Å². The van der Waals surface area contributed by atoms with Crippen molar-refractivity contribution in [1.82, 2.24) is 0 Å². The van der Waals surface area contributed by atoms with Crippen molar-refractivity contribution < 1.29 is 19.1 Å². The number of carbonyl (C=O) groups excluding carboxylic acids is 1. The van der Waals surface area contributed by atoms with Crippen LogP contribution in [-0.4, -0.2) is 17.0 Å². The Morgan fingerprint density at radius 3 is 2.69 bits per heavy atom. The van der Waals surface area contributed by atoms with Crippen molar-refractivity contribution in [2.45, 2.75) is 6.92 Å². The summed E-state index contributed by atoms with van der Waals surface area (Å²) in [6, 6.07) is 4.27. The number of halogens is 1. The minimum atomic E-state index is -1.22. The van der Waals surface area contributed by atoms with Crippen molar-refractivity contribution in [1.29, 1.82) is 0 Å². The second-order valence-corrected chi connectivity index (χ2v) is 3.07. The largest absolute Gasteiger partial charge is 0.478 e. The Morgan fingerprint density at radius 2 is 2.06 bits per heavy atom. The maximum absolute atomic E-state index is 13.1. The van der Waals surface area contributed by atoms with Gasteiger partial charge in [-0.3, -0.25) is 4.79 Å². The Labute approximate surface area is 91.4 Å². The van der Waals surface area contributed by atoms with Gasteiger partial charge in [0.15, 0.2) is 0 Å². The number of carboxylic acid groups (broad SMARTS) is 1. The molecule has 5 heteroatoms. The fraction of sp³-hybridized carbons (Fsp3) is 0.0909. The Hall–Kier alpha value is -2.17. The molecule has 1 aromatic rings. The van der Waals surface area contributed by atoms with Gasteiger partial charge in [-0.25, -0.2) is 9.18 Å². The van der Waals surface area contributed by atoms with Crippen molar-refractivity contribution in [3.63, 3.8) is 0 Å². The van der Waals surface area contributed by atoms with Gasteiger partial charge in [-0.1, -0.05) is 6.07 Å². The van der Waals surface area contributed by atoms with Gasteiger partial charge in [0.25, 0.3) is 0 Å². The zero-order chi connectivity index (χ0) is 12.1. The molecule has 0 spiro atoms. The van der Waals surface area contributed by atoms with Gasteiger partial charge in [0.05, 0.1) is 0 Å². The standard InChI is InChI=1S/C11H10FNO3/c1-7-8(12)3-2-4-9(7)13-10(14)5-6-11(15)16/h2-6H,1H3,(H,13,14)(H,15,16). The molecule has 0 aliphatic heterocycles. The van der Waals surface area contributed by atoms with Crippen LogP contribution >= 0.6 is 0 Å². The summed E-state index contributed by atoms with van der Waals surface area (Å²) in [4.78, 5) is 21.3. The summed E-state index contributed by atoms with van der Waals surface area (Å²) in [7, 11) is 0. The lowest BCUT2D eigenvalue weighted by Crippen LogP contribution is -2.10. The van der Waals surface area contributed by atoms with Crippen molar-refractivity contribution in [3.8, 4) is 0 Å². The van der Waals surface area contributed by atoms with E-state index in [9.17, 15) is 14.0 Å². The van der Waals surface area contributed by atoms with E-state index < -0.39 is 17.7 Å². The maximum Gasteiger partial charge on any atom is 0.328 e. The number of aliphatic carboxylic acids is 1. The lowest BCUT2D eigenvalue weighted by atomic mass is 10.2. The number of anilines is 1. The van der Waals surface area contributed by atoms with Crippen molar-refractivity contribution in [2.24, 2.45) is 0 Å². The molecule has 0 atom stereocenters. The smallest absolute Gasteiger partial charge is 0.328 e. The first-order chi connectivity index (χ1) is 7.50. The van der Waals surface area contributed by atoms with Crippen LogP contribution in [0.15, 0.2) is 30.4 Å². The fourth-order valence-corrected chi connectivity index (χ4v) is 1.06. The predicted molar refractivity (Wildman–Crippen MR) is 56.5 cm³/mol. The molecule has 0 unspecified atom stereocenters. The van der Waals surface area contributed by atoms with Crippen LogP contribution in [0.25, 0.3) is 0 Å².